The highest BCUT2D eigenvalue weighted by atomic mass is 16.5. The van der Waals surface area contributed by atoms with E-state index in [4.69, 9.17) is 4.74 Å². The Kier molecular flexibility index (Phi) is 5.52. The number of ether oxygens (including phenoxy) is 1. The van der Waals surface area contributed by atoms with E-state index in [1.165, 1.54) is 7.11 Å². The molecule has 1 aromatic rings. The van der Waals surface area contributed by atoms with E-state index in [0.29, 0.717) is 17.9 Å². The van der Waals surface area contributed by atoms with Crippen LogP contribution in [0.1, 0.15) is 29.6 Å². The first-order chi connectivity index (χ1) is 10.6. The monoisotopic (exact) mass is 304 g/mol. The number of hydrogen-bond acceptors (Lipinski definition) is 4. The zero-order chi connectivity index (χ0) is 15.9. The van der Waals surface area contributed by atoms with Gasteiger partial charge >= 0.3 is 5.97 Å². The summed E-state index contributed by atoms with van der Waals surface area (Å²) >= 11 is 0. The van der Waals surface area contributed by atoms with Crippen LogP contribution in [0.3, 0.4) is 0 Å². The van der Waals surface area contributed by atoms with Crippen molar-refractivity contribution < 1.29 is 19.1 Å². The molecule has 0 bridgehead atoms. The normalized spacial score (nSPS) is 14.8. The predicted octanol–water partition coefficient (Wildman–Crippen LogP) is 0.874. The van der Waals surface area contributed by atoms with Gasteiger partial charge in [-0.1, -0.05) is 31.0 Å². The second kappa shape index (κ2) is 7.59. The van der Waals surface area contributed by atoms with Crippen LogP contribution >= 0.6 is 0 Å². The zero-order valence-electron chi connectivity index (χ0n) is 12.5. The number of esters is 1. The van der Waals surface area contributed by atoms with E-state index in [-0.39, 0.29) is 12.5 Å². The maximum atomic E-state index is 11.9. The van der Waals surface area contributed by atoms with Crippen LogP contribution < -0.4 is 10.6 Å². The van der Waals surface area contributed by atoms with Gasteiger partial charge < -0.3 is 15.4 Å². The van der Waals surface area contributed by atoms with Gasteiger partial charge in [0, 0.05) is 5.56 Å². The summed E-state index contributed by atoms with van der Waals surface area (Å²) in [6.07, 6.45) is 2.74. The van der Waals surface area contributed by atoms with E-state index in [1.807, 2.05) is 6.07 Å². The summed E-state index contributed by atoms with van der Waals surface area (Å²) in [5, 5.41) is 5.14. The smallest absolute Gasteiger partial charge is 0.328 e. The summed E-state index contributed by atoms with van der Waals surface area (Å²) in [7, 11) is 1.30. The van der Waals surface area contributed by atoms with Crippen molar-refractivity contribution in [2.45, 2.75) is 25.3 Å². The van der Waals surface area contributed by atoms with Crippen LogP contribution in [-0.2, 0) is 14.3 Å². The van der Waals surface area contributed by atoms with Gasteiger partial charge in [-0.05, 0) is 24.5 Å². The van der Waals surface area contributed by atoms with Gasteiger partial charge in [0.15, 0.2) is 0 Å². The summed E-state index contributed by atoms with van der Waals surface area (Å²) < 4.78 is 4.70. The Hall–Kier alpha value is -2.37. The topological polar surface area (TPSA) is 84.5 Å². The molecular formula is C16H20N2O4. The Morgan fingerprint density at radius 1 is 1.23 bits per heavy atom. The SMILES string of the molecule is COC(=O)[C@H](CC1CC1)NC(=O)CNC(=O)c1ccccc1. The zero-order valence-corrected chi connectivity index (χ0v) is 12.5. The molecule has 0 radical (unpaired) electrons. The third-order valence-electron chi connectivity index (χ3n) is 3.53. The summed E-state index contributed by atoms with van der Waals surface area (Å²) in [6, 6.07) is 7.99. The summed E-state index contributed by atoms with van der Waals surface area (Å²) in [5.74, 6) is -0.703. The van der Waals surface area contributed by atoms with Crippen LogP contribution in [0.5, 0.6) is 0 Å². The maximum Gasteiger partial charge on any atom is 0.328 e. The Labute approximate surface area is 129 Å². The average molecular weight is 304 g/mol. The van der Waals surface area contributed by atoms with Crippen LogP contribution in [0.15, 0.2) is 30.3 Å². The van der Waals surface area contributed by atoms with E-state index in [1.54, 1.807) is 24.3 Å². The van der Waals surface area contributed by atoms with Gasteiger partial charge in [-0.2, -0.15) is 0 Å². The van der Waals surface area contributed by atoms with E-state index < -0.39 is 17.9 Å². The standard InChI is InChI=1S/C16H20N2O4/c1-22-16(21)13(9-11-7-8-11)18-14(19)10-17-15(20)12-5-3-2-4-6-12/h2-6,11,13H,7-10H2,1H3,(H,17,20)(H,18,19)/t13-/m0/s1. The predicted molar refractivity (Wildman–Crippen MR) is 80.1 cm³/mol. The van der Waals surface area contributed by atoms with Gasteiger partial charge in [0.25, 0.3) is 5.91 Å². The van der Waals surface area contributed by atoms with Crippen LogP contribution in [0.4, 0.5) is 0 Å². The Bertz CT molecular complexity index is 540. The molecular weight excluding hydrogens is 284 g/mol. The molecule has 2 rings (SSSR count). The van der Waals surface area contributed by atoms with Crippen molar-refractivity contribution in [2.75, 3.05) is 13.7 Å². The number of benzene rings is 1. The number of rotatable bonds is 7. The summed E-state index contributed by atoms with van der Waals surface area (Å²) in [5.41, 5.74) is 0.484. The van der Waals surface area contributed by atoms with E-state index in [2.05, 4.69) is 10.6 Å². The van der Waals surface area contributed by atoms with E-state index in [9.17, 15) is 14.4 Å². The van der Waals surface area contributed by atoms with Crippen molar-refractivity contribution in [1.29, 1.82) is 0 Å². The molecule has 1 aliphatic carbocycles. The largest absolute Gasteiger partial charge is 0.467 e. The molecule has 1 aromatic carbocycles. The first-order valence-electron chi connectivity index (χ1n) is 7.30. The minimum absolute atomic E-state index is 0.175. The lowest BCUT2D eigenvalue weighted by atomic mass is 10.1. The highest BCUT2D eigenvalue weighted by Crippen LogP contribution is 2.33. The fourth-order valence-electron chi connectivity index (χ4n) is 2.14. The molecule has 6 heteroatoms. The Morgan fingerprint density at radius 3 is 2.50 bits per heavy atom. The molecule has 1 aliphatic rings. The average Bonchev–Trinajstić information content (AvgIpc) is 3.36. The second-order valence-corrected chi connectivity index (χ2v) is 5.37. The quantitative estimate of drug-likeness (QED) is 0.732. The van der Waals surface area contributed by atoms with Crippen molar-refractivity contribution in [1.82, 2.24) is 10.6 Å². The van der Waals surface area contributed by atoms with E-state index >= 15 is 0 Å². The molecule has 0 unspecified atom stereocenters. The molecule has 22 heavy (non-hydrogen) atoms. The molecule has 0 aliphatic heterocycles. The van der Waals surface area contributed by atoms with Crippen LogP contribution in [0, 0.1) is 5.92 Å². The Morgan fingerprint density at radius 2 is 1.91 bits per heavy atom. The fraction of sp³-hybridized carbons (Fsp3) is 0.438. The van der Waals surface area contributed by atoms with Crippen LogP contribution in [-0.4, -0.2) is 37.5 Å². The van der Waals surface area contributed by atoms with Crippen molar-refractivity contribution in [3.05, 3.63) is 35.9 Å². The number of methoxy groups -OCH3 is 1. The van der Waals surface area contributed by atoms with E-state index in [0.717, 1.165) is 12.8 Å². The number of nitrogens with one attached hydrogen (secondary N) is 2. The molecule has 1 saturated carbocycles. The van der Waals surface area contributed by atoms with Crippen molar-refractivity contribution in [3.63, 3.8) is 0 Å². The molecule has 2 amide bonds. The van der Waals surface area contributed by atoms with Gasteiger partial charge in [0.2, 0.25) is 5.91 Å². The van der Waals surface area contributed by atoms with Gasteiger partial charge in [-0.3, -0.25) is 9.59 Å². The van der Waals surface area contributed by atoms with Gasteiger partial charge in [-0.15, -0.1) is 0 Å². The molecule has 0 saturated heterocycles. The van der Waals surface area contributed by atoms with Gasteiger partial charge in [-0.25, -0.2) is 4.79 Å². The van der Waals surface area contributed by atoms with Crippen molar-refractivity contribution in [2.24, 2.45) is 5.92 Å². The van der Waals surface area contributed by atoms with Crippen molar-refractivity contribution >= 4 is 17.8 Å². The molecule has 1 fully saturated rings. The number of hydrogen-bond donors (Lipinski definition) is 2. The summed E-state index contributed by atoms with van der Waals surface area (Å²) in [6.45, 7) is -0.175. The lowest BCUT2D eigenvalue weighted by Gasteiger charge is -2.16. The minimum Gasteiger partial charge on any atom is -0.467 e. The van der Waals surface area contributed by atoms with Gasteiger partial charge in [0.05, 0.1) is 13.7 Å². The third kappa shape index (κ3) is 4.87. The third-order valence-corrected chi connectivity index (χ3v) is 3.53. The molecule has 1 atom stereocenters. The lowest BCUT2D eigenvalue weighted by Crippen LogP contribution is -2.46. The summed E-state index contributed by atoms with van der Waals surface area (Å²) in [4.78, 5) is 35.4. The lowest BCUT2D eigenvalue weighted by molar-refractivity contribution is -0.145. The molecule has 2 N–H and O–H groups in total. The van der Waals surface area contributed by atoms with Crippen LogP contribution in [0.2, 0.25) is 0 Å². The second-order valence-electron chi connectivity index (χ2n) is 5.37. The number of carbonyl (C=O) groups is 3. The number of carbonyl (C=O) groups excluding carboxylic acids is 3. The van der Waals surface area contributed by atoms with Crippen LogP contribution in [0.25, 0.3) is 0 Å². The molecule has 0 spiro atoms. The number of amides is 2. The molecule has 0 heterocycles. The van der Waals surface area contributed by atoms with Gasteiger partial charge in [0.1, 0.15) is 6.04 Å². The molecule has 6 nitrogen and oxygen atoms in total. The fourth-order valence-corrected chi connectivity index (χ4v) is 2.14. The maximum absolute atomic E-state index is 11.9. The van der Waals surface area contributed by atoms with Crippen molar-refractivity contribution in [3.8, 4) is 0 Å². The minimum atomic E-state index is -0.640. The highest BCUT2D eigenvalue weighted by molar-refractivity contribution is 5.96. The molecule has 0 aromatic heterocycles. The first-order valence-corrected chi connectivity index (χ1v) is 7.30. The Balaban J connectivity index is 1.80. The first kappa shape index (κ1) is 16.0. The highest BCUT2D eigenvalue weighted by Gasteiger charge is 2.30. The molecule has 118 valence electrons.